The van der Waals surface area contributed by atoms with Gasteiger partial charge in [0.25, 0.3) is 5.91 Å². The first-order chi connectivity index (χ1) is 11.1. The third kappa shape index (κ3) is 3.66. The van der Waals surface area contributed by atoms with Gasteiger partial charge >= 0.3 is 0 Å². The third-order valence-electron chi connectivity index (χ3n) is 5.16. The summed E-state index contributed by atoms with van der Waals surface area (Å²) in [6.45, 7) is 4.58. The van der Waals surface area contributed by atoms with Gasteiger partial charge in [-0.15, -0.1) is 0 Å². The maximum Gasteiger partial charge on any atom is 0.258 e. The molecule has 1 aliphatic rings. The van der Waals surface area contributed by atoms with Crippen LogP contribution in [0.3, 0.4) is 0 Å². The van der Waals surface area contributed by atoms with E-state index in [4.69, 9.17) is 4.74 Å². The largest absolute Gasteiger partial charge is 0.483 e. The second-order valence-electron chi connectivity index (χ2n) is 6.71. The van der Waals surface area contributed by atoms with Gasteiger partial charge in [0.2, 0.25) is 0 Å². The van der Waals surface area contributed by atoms with Crippen molar-refractivity contribution in [3.63, 3.8) is 0 Å². The number of benzene rings is 2. The Kier molecular flexibility index (Phi) is 4.85. The van der Waals surface area contributed by atoms with E-state index in [2.05, 4.69) is 19.2 Å². The van der Waals surface area contributed by atoms with Crippen LogP contribution in [0.2, 0.25) is 0 Å². The first-order valence-electron chi connectivity index (χ1n) is 8.55. The molecule has 0 unspecified atom stereocenters. The van der Waals surface area contributed by atoms with Crippen LogP contribution in [0, 0.1) is 11.8 Å². The molecular formula is C20H25NO2. The van der Waals surface area contributed by atoms with Crippen LogP contribution >= 0.6 is 0 Å². The number of nitrogens with one attached hydrogen (secondary N) is 1. The molecule has 1 aliphatic carbocycles. The molecule has 1 fully saturated rings. The fourth-order valence-electron chi connectivity index (χ4n) is 3.50. The highest BCUT2D eigenvalue weighted by Gasteiger charge is 2.28. The number of rotatable bonds is 4. The topological polar surface area (TPSA) is 38.3 Å². The Hall–Kier alpha value is -2.03. The predicted octanol–water partition coefficient (Wildman–Crippen LogP) is 4.16. The van der Waals surface area contributed by atoms with E-state index in [1.807, 2.05) is 42.5 Å². The maximum absolute atomic E-state index is 12.2. The molecule has 23 heavy (non-hydrogen) atoms. The number of carbonyl (C=O) groups excluding carboxylic acids is 1. The van der Waals surface area contributed by atoms with Gasteiger partial charge in [-0.25, -0.2) is 0 Å². The van der Waals surface area contributed by atoms with Gasteiger partial charge in [-0.2, -0.15) is 0 Å². The van der Waals surface area contributed by atoms with Gasteiger partial charge in [-0.05, 0) is 29.7 Å². The van der Waals surface area contributed by atoms with Crippen LogP contribution in [0.15, 0.2) is 42.5 Å². The molecule has 1 amide bonds. The van der Waals surface area contributed by atoms with Crippen LogP contribution in [0.1, 0.15) is 33.1 Å². The molecule has 1 saturated carbocycles. The molecule has 3 rings (SSSR count). The molecule has 0 aromatic heterocycles. The normalized spacial score (nSPS) is 24.3. The van der Waals surface area contributed by atoms with E-state index in [0.717, 1.165) is 22.9 Å². The number of carbonyl (C=O) groups is 1. The maximum atomic E-state index is 12.2. The van der Waals surface area contributed by atoms with Crippen LogP contribution < -0.4 is 10.1 Å². The van der Waals surface area contributed by atoms with E-state index in [1.165, 1.54) is 12.8 Å². The summed E-state index contributed by atoms with van der Waals surface area (Å²) in [5.74, 6) is 1.95. The Bertz CT molecular complexity index is 677. The van der Waals surface area contributed by atoms with Gasteiger partial charge in [0.1, 0.15) is 5.75 Å². The minimum absolute atomic E-state index is 0.0242. The zero-order valence-electron chi connectivity index (χ0n) is 13.9. The molecule has 0 radical (unpaired) electrons. The quantitative estimate of drug-likeness (QED) is 0.920. The second kappa shape index (κ2) is 7.03. The summed E-state index contributed by atoms with van der Waals surface area (Å²) >= 11 is 0. The van der Waals surface area contributed by atoms with Crippen LogP contribution in [-0.4, -0.2) is 18.6 Å². The van der Waals surface area contributed by atoms with Crippen molar-refractivity contribution >= 4 is 16.7 Å². The lowest BCUT2D eigenvalue weighted by molar-refractivity contribution is -0.124. The average Bonchev–Trinajstić information content (AvgIpc) is 2.57. The molecular weight excluding hydrogens is 286 g/mol. The molecule has 2 aromatic rings. The fraction of sp³-hybridized carbons (Fsp3) is 0.450. The summed E-state index contributed by atoms with van der Waals surface area (Å²) in [6, 6.07) is 14.3. The van der Waals surface area contributed by atoms with Crippen molar-refractivity contribution in [1.82, 2.24) is 5.32 Å². The van der Waals surface area contributed by atoms with Crippen LogP contribution in [0.25, 0.3) is 10.8 Å². The van der Waals surface area contributed by atoms with Crippen molar-refractivity contribution in [3.05, 3.63) is 42.5 Å². The molecule has 2 aromatic carbocycles. The predicted molar refractivity (Wildman–Crippen MR) is 93.6 cm³/mol. The van der Waals surface area contributed by atoms with Crippen molar-refractivity contribution in [3.8, 4) is 5.75 Å². The second-order valence-corrected chi connectivity index (χ2v) is 6.71. The Labute approximate surface area is 138 Å². The van der Waals surface area contributed by atoms with E-state index < -0.39 is 0 Å². The van der Waals surface area contributed by atoms with E-state index in [9.17, 15) is 4.79 Å². The summed E-state index contributed by atoms with van der Waals surface area (Å²) in [7, 11) is 0. The Morgan fingerprint density at radius 3 is 2.78 bits per heavy atom. The Balaban J connectivity index is 1.60. The summed E-state index contributed by atoms with van der Waals surface area (Å²) in [5.41, 5.74) is 0. The van der Waals surface area contributed by atoms with Gasteiger partial charge in [0.05, 0.1) is 0 Å². The number of fused-ring (bicyclic) bond motifs is 1. The van der Waals surface area contributed by atoms with E-state index in [-0.39, 0.29) is 18.6 Å². The van der Waals surface area contributed by atoms with E-state index in [0.29, 0.717) is 11.8 Å². The van der Waals surface area contributed by atoms with Crippen LogP contribution in [0.4, 0.5) is 0 Å². The number of amides is 1. The van der Waals surface area contributed by atoms with Gasteiger partial charge < -0.3 is 10.1 Å². The molecule has 122 valence electrons. The van der Waals surface area contributed by atoms with E-state index >= 15 is 0 Å². The summed E-state index contributed by atoms with van der Waals surface area (Å²) in [5, 5.41) is 5.32. The summed E-state index contributed by atoms with van der Waals surface area (Å²) in [6.07, 6.45) is 3.53. The highest BCUT2D eigenvalue weighted by Crippen LogP contribution is 2.29. The first kappa shape index (κ1) is 15.9. The zero-order chi connectivity index (χ0) is 16.2. The smallest absolute Gasteiger partial charge is 0.258 e. The highest BCUT2D eigenvalue weighted by atomic mass is 16.5. The molecule has 0 bridgehead atoms. The number of hydrogen-bond acceptors (Lipinski definition) is 2. The SMILES string of the molecule is C[C@@H]1[C@H](C)CCC[C@@H]1NC(=O)COc1cccc2ccccc12. The van der Waals surface area contributed by atoms with Crippen molar-refractivity contribution in [2.75, 3.05) is 6.61 Å². The molecule has 3 heteroatoms. The lowest BCUT2D eigenvalue weighted by Gasteiger charge is -2.34. The van der Waals surface area contributed by atoms with Crippen LogP contribution in [0.5, 0.6) is 5.75 Å². The standard InChI is InChI=1S/C20H25NO2/c1-14-7-5-11-18(15(14)2)21-20(22)13-23-19-12-6-9-16-8-3-4-10-17(16)19/h3-4,6,8-10,12,14-15,18H,5,7,11,13H2,1-2H3,(H,21,22)/t14-,15-,18+/m1/s1. The molecule has 0 spiro atoms. The van der Waals surface area contributed by atoms with Gasteiger partial charge in [-0.3, -0.25) is 4.79 Å². The molecule has 1 N–H and O–H groups in total. The molecule has 3 atom stereocenters. The van der Waals surface area contributed by atoms with Gasteiger partial charge in [-0.1, -0.05) is 63.1 Å². The summed E-state index contributed by atoms with van der Waals surface area (Å²) < 4.78 is 5.77. The van der Waals surface area contributed by atoms with Crippen molar-refractivity contribution < 1.29 is 9.53 Å². The van der Waals surface area contributed by atoms with Crippen molar-refractivity contribution in [2.24, 2.45) is 11.8 Å². The van der Waals surface area contributed by atoms with Gasteiger partial charge in [0, 0.05) is 11.4 Å². The monoisotopic (exact) mass is 311 g/mol. The minimum Gasteiger partial charge on any atom is -0.483 e. The Morgan fingerprint density at radius 1 is 1.13 bits per heavy atom. The molecule has 0 aliphatic heterocycles. The Morgan fingerprint density at radius 2 is 1.91 bits per heavy atom. The number of hydrogen-bond donors (Lipinski definition) is 1. The molecule has 3 nitrogen and oxygen atoms in total. The number of ether oxygens (including phenoxy) is 1. The molecule has 0 heterocycles. The third-order valence-corrected chi connectivity index (χ3v) is 5.16. The molecule has 0 saturated heterocycles. The minimum atomic E-state index is -0.0242. The van der Waals surface area contributed by atoms with Crippen molar-refractivity contribution in [1.29, 1.82) is 0 Å². The van der Waals surface area contributed by atoms with Gasteiger partial charge in [0.15, 0.2) is 6.61 Å². The fourth-order valence-corrected chi connectivity index (χ4v) is 3.50. The van der Waals surface area contributed by atoms with Crippen LogP contribution in [-0.2, 0) is 4.79 Å². The van der Waals surface area contributed by atoms with Crippen molar-refractivity contribution in [2.45, 2.75) is 39.2 Å². The summed E-state index contributed by atoms with van der Waals surface area (Å²) in [4.78, 5) is 12.2. The zero-order valence-corrected chi connectivity index (χ0v) is 13.9. The lowest BCUT2D eigenvalue weighted by Crippen LogP contribution is -2.45. The first-order valence-corrected chi connectivity index (χ1v) is 8.55. The average molecular weight is 311 g/mol. The van der Waals surface area contributed by atoms with E-state index in [1.54, 1.807) is 0 Å². The highest BCUT2D eigenvalue weighted by molar-refractivity contribution is 5.88. The lowest BCUT2D eigenvalue weighted by atomic mass is 9.78.